The number of thiazole rings is 1. The summed E-state index contributed by atoms with van der Waals surface area (Å²) in [6.45, 7) is 3.90. The second-order valence-corrected chi connectivity index (χ2v) is 9.23. The Morgan fingerprint density at radius 1 is 1.08 bits per heavy atom. The highest BCUT2D eigenvalue weighted by molar-refractivity contribution is 7.13. The van der Waals surface area contributed by atoms with E-state index in [-0.39, 0.29) is 37.6 Å². The number of anilines is 1. The molecule has 3 aromatic rings. The molecular weight excluding hydrogens is 487 g/mol. The Labute approximate surface area is 211 Å². The van der Waals surface area contributed by atoms with Crippen molar-refractivity contribution in [3.63, 3.8) is 0 Å². The molecule has 2 heterocycles. The fourth-order valence-electron chi connectivity index (χ4n) is 3.48. The molecule has 4 rings (SSSR count). The number of ether oxygens (including phenoxy) is 2. The Balaban J connectivity index is 1.27. The summed E-state index contributed by atoms with van der Waals surface area (Å²) in [5.74, 6) is -0.129. The lowest BCUT2D eigenvalue weighted by Gasteiger charge is -2.26. The molecule has 0 bridgehead atoms. The number of nitrogens with zero attached hydrogens (tertiary/aromatic N) is 2. The van der Waals surface area contributed by atoms with Crippen molar-refractivity contribution in [3.05, 3.63) is 70.5 Å². The first-order valence-electron chi connectivity index (χ1n) is 11.2. The van der Waals surface area contributed by atoms with E-state index in [1.165, 1.54) is 40.5 Å². The van der Waals surface area contributed by atoms with Crippen LogP contribution in [0, 0.1) is 5.82 Å². The summed E-state index contributed by atoms with van der Waals surface area (Å²) in [6, 6.07) is 10.4. The van der Waals surface area contributed by atoms with Crippen molar-refractivity contribution < 1.29 is 28.2 Å². The number of halogens is 1. The topological polar surface area (TPSA) is 110 Å². The minimum atomic E-state index is -0.443. The number of fused-ring (bicyclic) bond motifs is 1. The summed E-state index contributed by atoms with van der Waals surface area (Å²) in [7, 11) is 0. The third-order valence-corrected chi connectivity index (χ3v) is 6.16. The van der Waals surface area contributed by atoms with Crippen LogP contribution in [0.1, 0.15) is 35.5 Å². The first kappa shape index (κ1) is 25.1. The highest BCUT2D eigenvalue weighted by atomic mass is 32.1. The Morgan fingerprint density at radius 2 is 1.83 bits per heavy atom. The largest absolute Gasteiger partial charge is 0.454 e. The molecule has 0 radical (unpaired) electrons. The molecule has 36 heavy (non-hydrogen) atoms. The van der Waals surface area contributed by atoms with E-state index in [4.69, 9.17) is 9.47 Å². The van der Waals surface area contributed by atoms with E-state index in [1.807, 2.05) is 12.1 Å². The lowest BCUT2D eigenvalue weighted by molar-refractivity contribution is -0.120. The van der Waals surface area contributed by atoms with Gasteiger partial charge in [-0.05, 0) is 55.8 Å². The number of aromatic nitrogens is 1. The molecule has 3 amide bonds. The molecule has 1 aromatic heterocycles. The fourth-order valence-corrected chi connectivity index (χ4v) is 4.21. The van der Waals surface area contributed by atoms with Crippen LogP contribution in [0.5, 0.6) is 11.5 Å². The van der Waals surface area contributed by atoms with Crippen molar-refractivity contribution in [3.8, 4) is 11.5 Å². The molecule has 2 N–H and O–H groups in total. The van der Waals surface area contributed by atoms with Crippen molar-refractivity contribution in [1.82, 2.24) is 15.2 Å². The van der Waals surface area contributed by atoms with Crippen LogP contribution < -0.4 is 20.1 Å². The smallest absolute Gasteiger partial charge is 0.254 e. The lowest BCUT2D eigenvalue weighted by Crippen LogP contribution is -2.42. The third kappa shape index (κ3) is 6.36. The molecule has 0 saturated carbocycles. The van der Waals surface area contributed by atoms with Crippen LogP contribution in [0.2, 0.25) is 0 Å². The predicted molar refractivity (Wildman–Crippen MR) is 131 cm³/mol. The van der Waals surface area contributed by atoms with Gasteiger partial charge >= 0.3 is 0 Å². The zero-order chi connectivity index (χ0) is 25.7. The van der Waals surface area contributed by atoms with E-state index in [9.17, 15) is 18.8 Å². The Kier molecular flexibility index (Phi) is 7.79. The number of amides is 3. The first-order valence-corrected chi connectivity index (χ1v) is 12.1. The molecule has 0 spiro atoms. The molecule has 0 unspecified atom stereocenters. The number of benzene rings is 2. The Hall–Kier alpha value is -3.99. The molecule has 188 valence electrons. The second-order valence-electron chi connectivity index (χ2n) is 8.37. The molecule has 9 nitrogen and oxygen atoms in total. The van der Waals surface area contributed by atoms with Gasteiger partial charge in [0.1, 0.15) is 12.4 Å². The molecule has 11 heteroatoms. The number of nitrogens with one attached hydrogen (secondary N) is 2. The summed E-state index contributed by atoms with van der Waals surface area (Å²) in [5, 5.41) is 7.53. The molecule has 1 aliphatic rings. The molecule has 0 fully saturated rings. The maximum Gasteiger partial charge on any atom is 0.254 e. The molecule has 0 saturated heterocycles. The molecule has 0 atom stereocenters. The van der Waals surface area contributed by atoms with Crippen molar-refractivity contribution in [2.45, 2.75) is 32.9 Å². The highest BCUT2D eigenvalue weighted by Crippen LogP contribution is 2.32. The van der Waals surface area contributed by atoms with Gasteiger partial charge in [-0.15, -0.1) is 11.3 Å². The van der Waals surface area contributed by atoms with E-state index < -0.39 is 11.7 Å². The zero-order valence-electron chi connectivity index (χ0n) is 19.7. The summed E-state index contributed by atoms with van der Waals surface area (Å²) in [6.07, 6.45) is 0.0537. The molecule has 1 aliphatic heterocycles. The van der Waals surface area contributed by atoms with Crippen molar-refractivity contribution in [1.29, 1.82) is 0 Å². The first-order chi connectivity index (χ1) is 17.3. The Morgan fingerprint density at radius 3 is 2.58 bits per heavy atom. The summed E-state index contributed by atoms with van der Waals surface area (Å²) in [4.78, 5) is 43.4. The minimum absolute atomic E-state index is 0.0537. The number of hydrogen-bond donors (Lipinski definition) is 2. The third-order valence-electron chi connectivity index (χ3n) is 5.36. The number of carbonyl (C=O) groups excluding carboxylic acids is 3. The highest BCUT2D eigenvalue weighted by Gasteiger charge is 2.22. The van der Waals surface area contributed by atoms with E-state index >= 15 is 0 Å². The molecule has 2 aromatic carbocycles. The number of rotatable bonds is 9. The van der Waals surface area contributed by atoms with E-state index in [1.54, 1.807) is 25.3 Å². The normalized spacial score (nSPS) is 11.9. The average molecular weight is 513 g/mol. The van der Waals surface area contributed by atoms with Crippen LogP contribution in [0.25, 0.3) is 0 Å². The predicted octanol–water partition coefficient (Wildman–Crippen LogP) is 3.36. The maximum atomic E-state index is 13.2. The van der Waals surface area contributed by atoms with Gasteiger partial charge in [-0.3, -0.25) is 14.4 Å². The van der Waals surface area contributed by atoms with E-state index in [0.29, 0.717) is 34.4 Å². The standard InChI is InChI=1S/C25H25FN4O5S/c1-15(2)30(24(33)17-4-6-18(26)7-5-17)12-23(32)29-25-28-19(13-36-25)10-22(31)27-11-16-3-8-20-21(9-16)35-14-34-20/h3-9,13,15H,10-12,14H2,1-2H3,(H,27,31)(H,28,29,32). The average Bonchev–Trinajstić information content (AvgIpc) is 3.50. The van der Waals surface area contributed by atoms with E-state index in [2.05, 4.69) is 15.6 Å². The molecular formula is C25H25FN4O5S. The number of carbonyl (C=O) groups is 3. The molecule has 0 aliphatic carbocycles. The lowest BCUT2D eigenvalue weighted by atomic mass is 10.1. The van der Waals surface area contributed by atoms with Gasteiger partial charge < -0.3 is 25.0 Å². The van der Waals surface area contributed by atoms with Gasteiger partial charge in [-0.2, -0.15) is 0 Å². The van der Waals surface area contributed by atoms with Gasteiger partial charge in [0.15, 0.2) is 16.6 Å². The van der Waals surface area contributed by atoms with Gasteiger partial charge in [0.05, 0.1) is 12.1 Å². The van der Waals surface area contributed by atoms with Crippen LogP contribution in [0.15, 0.2) is 47.8 Å². The quantitative estimate of drug-likeness (QED) is 0.455. The summed E-state index contributed by atoms with van der Waals surface area (Å²) in [5.41, 5.74) is 1.69. The summed E-state index contributed by atoms with van der Waals surface area (Å²) < 4.78 is 23.8. The monoisotopic (exact) mass is 512 g/mol. The van der Waals surface area contributed by atoms with Gasteiger partial charge in [0.25, 0.3) is 5.91 Å². The van der Waals surface area contributed by atoms with Crippen molar-refractivity contribution in [2.24, 2.45) is 0 Å². The SMILES string of the molecule is CC(C)N(CC(=O)Nc1nc(CC(=O)NCc2ccc3c(c2)OCO3)cs1)C(=O)c1ccc(F)cc1. The second kappa shape index (κ2) is 11.2. The van der Waals surface area contributed by atoms with Crippen molar-refractivity contribution >= 4 is 34.2 Å². The van der Waals surface area contributed by atoms with Crippen LogP contribution in [0.4, 0.5) is 9.52 Å². The van der Waals surface area contributed by atoms with Gasteiger partial charge in [-0.1, -0.05) is 6.07 Å². The zero-order valence-corrected chi connectivity index (χ0v) is 20.6. The van der Waals surface area contributed by atoms with Crippen LogP contribution in [-0.2, 0) is 22.6 Å². The van der Waals surface area contributed by atoms with Crippen LogP contribution in [-0.4, -0.2) is 47.0 Å². The Bertz CT molecular complexity index is 1260. The fraction of sp³-hybridized carbons (Fsp3) is 0.280. The summed E-state index contributed by atoms with van der Waals surface area (Å²) >= 11 is 1.19. The van der Waals surface area contributed by atoms with Crippen LogP contribution in [0.3, 0.4) is 0 Å². The van der Waals surface area contributed by atoms with Gasteiger partial charge in [0.2, 0.25) is 18.6 Å². The van der Waals surface area contributed by atoms with Gasteiger partial charge in [0, 0.05) is 23.5 Å². The number of hydrogen-bond acceptors (Lipinski definition) is 7. The minimum Gasteiger partial charge on any atom is -0.454 e. The van der Waals surface area contributed by atoms with E-state index in [0.717, 1.165) is 5.56 Å². The van der Waals surface area contributed by atoms with Crippen molar-refractivity contribution in [2.75, 3.05) is 18.7 Å². The van der Waals surface area contributed by atoms with Gasteiger partial charge in [-0.25, -0.2) is 9.37 Å². The van der Waals surface area contributed by atoms with Crippen LogP contribution >= 0.6 is 11.3 Å². The maximum absolute atomic E-state index is 13.2.